The van der Waals surface area contributed by atoms with Crippen molar-refractivity contribution >= 4 is 11.6 Å². The number of hydrogen-bond donors (Lipinski definition) is 1. The fourth-order valence-corrected chi connectivity index (χ4v) is 2.13. The molecule has 4 heteroatoms. The zero-order valence-corrected chi connectivity index (χ0v) is 13.3. The molecule has 1 rings (SSSR count). The maximum absolute atomic E-state index is 12.7. The Morgan fingerprint density at radius 1 is 1.25 bits per heavy atom. The van der Waals surface area contributed by atoms with Crippen LogP contribution in [0, 0.1) is 12.8 Å². The van der Waals surface area contributed by atoms with E-state index in [4.69, 9.17) is 5.73 Å². The molecule has 0 fully saturated rings. The largest absolute Gasteiger partial charge is 0.399 e. The molecule has 2 N–H and O–H groups in total. The first-order chi connectivity index (χ1) is 9.31. The third-order valence-electron chi connectivity index (χ3n) is 3.17. The summed E-state index contributed by atoms with van der Waals surface area (Å²) in [5, 5.41) is 0. The first-order valence-electron chi connectivity index (χ1n) is 7.11. The van der Waals surface area contributed by atoms with Crippen LogP contribution >= 0.6 is 0 Å². The van der Waals surface area contributed by atoms with E-state index in [1.54, 1.807) is 6.07 Å². The maximum atomic E-state index is 12.7. The van der Waals surface area contributed by atoms with Crippen LogP contribution < -0.4 is 5.73 Å². The first-order valence-corrected chi connectivity index (χ1v) is 7.11. The average molecular weight is 277 g/mol. The molecule has 1 aromatic rings. The van der Waals surface area contributed by atoms with Gasteiger partial charge in [-0.1, -0.05) is 13.8 Å². The fraction of sp³-hybridized carbons (Fsp3) is 0.562. The zero-order valence-electron chi connectivity index (χ0n) is 13.3. The van der Waals surface area contributed by atoms with Crippen LogP contribution in [-0.2, 0) is 0 Å². The molecule has 0 radical (unpaired) electrons. The molecule has 0 heterocycles. The highest BCUT2D eigenvalue weighted by Gasteiger charge is 2.18. The number of aryl methyl sites for hydroxylation is 1. The van der Waals surface area contributed by atoms with Crippen molar-refractivity contribution in [2.24, 2.45) is 5.92 Å². The first kappa shape index (κ1) is 16.5. The molecular weight excluding hydrogens is 250 g/mol. The topological polar surface area (TPSA) is 49.6 Å². The van der Waals surface area contributed by atoms with E-state index in [1.165, 1.54) is 0 Å². The lowest BCUT2D eigenvalue weighted by Gasteiger charge is -2.26. The monoisotopic (exact) mass is 277 g/mol. The number of carbonyl (C=O) groups is 1. The van der Waals surface area contributed by atoms with Crippen LogP contribution in [0.4, 0.5) is 5.69 Å². The lowest BCUT2D eigenvalue weighted by Crippen LogP contribution is -2.39. The van der Waals surface area contributed by atoms with Crippen molar-refractivity contribution in [1.29, 1.82) is 0 Å². The average Bonchev–Trinajstić information content (AvgIpc) is 2.33. The zero-order chi connectivity index (χ0) is 15.3. The van der Waals surface area contributed by atoms with Crippen LogP contribution in [0.15, 0.2) is 18.2 Å². The van der Waals surface area contributed by atoms with E-state index in [2.05, 4.69) is 18.7 Å². The SMILES string of the molecule is Cc1cc(N)ccc1C(=O)N(CCN(C)C)CC(C)C. The van der Waals surface area contributed by atoms with E-state index >= 15 is 0 Å². The molecule has 20 heavy (non-hydrogen) atoms. The van der Waals surface area contributed by atoms with Gasteiger partial charge in [-0.05, 0) is 50.7 Å². The molecule has 0 aliphatic rings. The van der Waals surface area contributed by atoms with Crippen molar-refractivity contribution < 1.29 is 4.79 Å². The van der Waals surface area contributed by atoms with Gasteiger partial charge in [0.2, 0.25) is 0 Å². The predicted molar refractivity (Wildman–Crippen MR) is 84.9 cm³/mol. The standard InChI is InChI=1S/C16H27N3O/c1-12(2)11-19(9-8-18(4)5)16(20)15-7-6-14(17)10-13(15)3/h6-7,10,12H,8-9,11,17H2,1-5H3. The molecule has 1 aromatic carbocycles. The van der Waals surface area contributed by atoms with Gasteiger partial charge in [-0.15, -0.1) is 0 Å². The minimum Gasteiger partial charge on any atom is -0.399 e. The van der Waals surface area contributed by atoms with Gasteiger partial charge < -0.3 is 15.5 Å². The van der Waals surface area contributed by atoms with Gasteiger partial charge in [-0.2, -0.15) is 0 Å². The van der Waals surface area contributed by atoms with E-state index in [9.17, 15) is 4.79 Å². The summed E-state index contributed by atoms with van der Waals surface area (Å²) >= 11 is 0. The summed E-state index contributed by atoms with van der Waals surface area (Å²) in [6.45, 7) is 8.58. The summed E-state index contributed by atoms with van der Waals surface area (Å²) in [4.78, 5) is 16.7. The van der Waals surface area contributed by atoms with Crippen molar-refractivity contribution in [1.82, 2.24) is 9.80 Å². The summed E-state index contributed by atoms with van der Waals surface area (Å²) in [7, 11) is 4.04. The van der Waals surface area contributed by atoms with Crippen LogP contribution in [0.5, 0.6) is 0 Å². The van der Waals surface area contributed by atoms with E-state index in [0.29, 0.717) is 11.6 Å². The Bertz CT molecular complexity index is 455. The summed E-state index contributed by atoms with van der Waals surface area (Å²) < 4.78 is 0. The van der Waals surface area contributed by atoms with Gasteiger partial charge in [-0.25, -0.2) is 0 Å². The van der Waals surface area contributed by atoms with E-state index in [-0.39, 0.29) is 5.91 Å². The molecule has 0 aliphatic carbocycles. The molecule has 112 valence electrons. The number of anilines is 1. The molecule has 0 aliphatic heterocycles. The number of amides is 1. The number of nitrogen functional groups attached to an aromatic ring is 1. The molecule has 0 saturated carbocycles. The van der Waals surface area contributed by atoms with Gasteiger partial charge >= 0.3 is 0 Å². The van der Waals surface area contributed by atoms with Crippen molar-refractivity contribution in [2.75, 3.05) is 39.5 Å². The number of nitrogens with zero attached hydrogens (tertiary/aromatic N) is 2. The molecule has 0 saturated heterocycles. The molecule has 4 nitrogen and oxygen atoms in total. The Hall–Kier alpha value is -1.55. The summed E-state index contributed by atoms with van der Waals surface area (Å²) in [6.07, 6.45) is 0. The Kier molecular flexibility index (Phi) is 6.02. The second kappa shape index (κ2) is 7.29. The van der Waals surface area contributed by atoms with Crippen molar-refractivity contribution in [2.45, 2.75) is 20.8 Å². The Morgan fingerprint density at radius 2 is 1.90 bits per heavy atom. The molecule has 1 amide bonds. The van der Waals surface area contributed by atoms with E-state index in [0.717, 1.165) is 30.8 Å². The second-order valence-electron chi connectivity index (χ2n) is 6.02. The van der Waals surface area contributed by atoms with Crippen molar-refractivity contribution in [3.05, 3.63) is 29.3 Å². The van der Waals surface area contributed by atoms with Gasteiger partial charge in [0.05, 0.1) is 0 Å². The normalized spacial score (nSPS) is 11.2. The third-order valence-corrected chi connectivity index (χ3v) is 3.17. The quantitative estimate of drug-likeness (QED) is 0.811. The number of likely N-dealkylation sites (N-methyl/N-ethyl adjacent to an activating group) is 1. The van der Waals surface area contributed by atoms with Gasteiger partial charge in [0.25, 0.3) is 5.91 Å². The number of rotatable bonds is 6. The Balaban J connectivity index is 2.90. The molecule has 0 aromatic heterocycles. The molecule has 0 spiro atoms. The molecular formula is C16H27N3O. The van der Waals surface area contributed by atoms with Crippen LogP contribution in [0.25, 0.3) is 0 Å². The number of carbonyl (C=O) groups excluding carboxylic acids is 1. The van der Waals surface area contributed by atoms with Crippen molar-refractivity contribution in [3.8, 4) is 0 Å². The van der Waals surface area contributed by atoms with Crippen LogP contribution in [0.3, 0.4) is 0 Å². The van der Waals surface area contributed by atoms with Crippen LogP contribution in [0.1, 0.15) is 29.8 Å². The molecule has 0 bridgehead atoms. The minimum absolute atomic E-state index is 0.0954. The second-order valence-corrected chi connectivity index (χ2v) is 6.02. The maximum Gasteiger partial charge on any atom is 0.254 e. The number of benzene rings is 1. The molecule has 0 atom stereocenters. The highest BCUT2D eigenvalue weighted by molar-refractivity contribution is 5.96. The lowest BCUT2D eigenvalue weighted by atomic mass is 10.1. The lowest BCUT2D eigenvalue weighted by molar-refractivity contribution is 0.0724. The van der Waals surface area contributed by atoms with Crippen molar-refractivity contribution in [3.63, 3.8) is 0 Å². The minimum atomic E-state index is 0.0954. The van der Waals surface area contributed by atoms with Gasteiger partial charge in [0, 0.05) is 30.9 Å². The number of hydrogen-bond acceptors (Lipinski definition) is 3. The van der Waals surface area contributed by atoms with E-state index in [1.807, 2.05) is 38.1 Å². The Morgan fingerprint density at radius 3 is 2.40 bits per heavy atom. The number of nitrogens with two attached hydrogens (primary N) is 1. The highest BCUT2D eigenvalue weighted by Crippen LogP contribution is 2.15. The van der Waals surface area contributed by atoms with Crippen LogP contribution in [-0.4, -0.2) is 49.4 Å². The third kappa shape index (κ3) is 4.85. The Labute approximate surface area is 122 Å². The van der Waals surface area contributed by atoms with Gasteiger partial charge in [0.15, 0.2) is 0 Å². The fourth-order valence-electron chi connectivity index (χ4n) is 2.13. The van der Waals surface area contributed by atoms with Gasteiger partial charge in [-0.3, -0.25) is 4.79 Å². The van der Waals surface area contributed by atoms with E-state index < -0.39 is 0 Å². The summed E-state index contributed by atoms with van der Waals surface area (Å²) in [6, 6.07) is 5.47. The smallest absolute Gasteiger partial charge is 0.254 e. The predicted octanol–water partition coefficient (Wildman–Crippen LogP) is 2.24. The molecule has 0 unspecified atom stereocenters. The summed E-state index contributed by atoms with van der Waals surface area (Å²) in [5.41, 5.74) is 8.14. The highest BCUT2D eigenvalue weighted by atomic mass is 16.2. The summed E-state index contributed by atoms with van der Waals surface area (Å²) in [5.74, 6) is 0.549. The van der Waals surface area contributed by atoms with Gasteiger partial charge in [0.1, 0.15) is 0 Å². The van der Waals surface area contributed by atoms with Crippen LogP contribution in [0.2, 0.25) is 0 Å².